The van der Waals surface area contributed by atoms with Crippen LogP contribution in [0.4, 0.5) is 5.00 Å². The van der Waals surface area contributed by atoms with Crippen LogP contribution < -0.4 is 5.32 Å². The van der Waals surface area contributed by atoms with E-state index in [9.17, 15) is 9.59 Å². The molecule has 0 unspecified atom stereocenters. The van der Waals surface area contributed by atoms with Crippen molar-refractivity contribution in [3.05, 3.63) is 33.5 Å². The van der Waals surface area contributed by atoms with Crippen LogP contribution in [0.5, 0.6) is 0 Å². The van der Waals surface area contributed by atoms with E-state index >= 15 is 0 Å². The molecular weight excluding hydrogens is 302 g/mol. The number of aromatic nitrogens is 2. The minimum atomic E-state index is -0.446. The maximum Gasteiger partial charge on any atom is 0.341 e. The number of aryl methyl sites for hydroxylation is 3. The predicted molar refractivity (Wildman–Crippen MR) is 85.7 cm³/mol. The summed E-state index contributed by atoms with van der Waals surface area (Å²) < 4.78 is 6.51. The molecule has 7 heteroatoms. The summed E-state index contributed by atoms with van der Waals surface area (Å²) in [5.74, 6) is -0.721. The summed E-state index contributed by atoms with van der Waals surface area (Å²) >= 11 is 1.37. The highest BCUT2D eigenvalue weighted by Gasteiger charge is 2.23. The summed E-state index contributed by atoms with van der Waals surface area (Å²) in [6.07, 6.45) is 1.70. The van der Waals surface area contributed by atoms with E-state index in [1.54, 1.807) is 17.8 Å². The molecule has 0 saturated carbocycles. The molecule has 0 aliphatic heterocycles. The van der Waals surface area contributed by atoms with E-state index in [2.05, 4.69) is 10.4 Å². The Balaban J connectivity index is 2.34. The van der Waals surface area contributed by atoms with Gasteiger partial charge < -0.3 is 10.1 Å². The van der Waals surface area contributed by atoms with Crippen LogP contribution in [0, 0.1) is 20.8 Å². The molecule has 1 N–H and O–H groups in total. The van der Waals surface area contributed by atoms with Gasteiger partial charge in [0.2, 0.25) is 0 Å². The van der Waals surface area contributed by atoms with Gasteiger partial charge in [-0.3, -0.25) is 9.48 Å². The highest BCUT2D eigenvalue weighted by molar-refractivity contribution is 7.16. The van der Waals surface area contributed by atoms with Crippen LogP contribution in [-0.2, 0) is 11.3 Å². The van der Waals surface area contributed by atoms with E-state index in [0.717, 1.165) is 10.4 Å². The molecule has 0 aliphatic rings. The van der Waals surface area contributed by atoms with Crippen LogP contribution in [0.1, 0.15) is 43.8 Å². The fraction of sp³-hybridized carbons (Fsp3) is 0.400. The SMILES string of the molecule is CCn1cc(C(=O)Nc2sc(C)c(C)c2C(=O)OC)c(C)n1. The highest BCUT2D eigenvalue weighted by Crippen LogP contribution is 2.33. The average Bonchev–Trinajstić information content (AvgIpc) is 2.99. The first-order chi connectivity index (χ1) is 10.4. The first kappa shape index (κ1) is 16.2. The summed E-state index contributed by atoms with van der Waals surface area (Å²) in [4.78, 5) is 25.3. The second kappa shape index (κ2) is 6.31. The van der Waals surface area contributed by atoms with Crippen LogP contribution in [0.3, 0.4) is 0 Å². The molecule has 2 heterocycles. The van der Waals surface area contributed by atoms with E-state index in [4.69, 9.17) is 4.74 Å². The van der Waals surface area contributed by atoms with Gasteiger partial charge >= 0.3 is 5.97 Å². The third-order valence-electron chi connectivity index (χ3n) is 3.52. The molecular formula is C15H19N3O3S. The molecule has 2 aromatic rings. The number of esters is 1. The van der Waals surface area contributed by atoms with Gasteiger partial charge in [-0.25, -0.2) is 4.79 Å². The highest BCUT2D eigenvalue weighted by atomic mass is 32.1. The van der Waals surface area contributed by atoms with E-state index in [0.29, 0.717) is 28.4 Å². The second-order valence-electron chi connectivity index (χ2n) is 4.92. The molecule has 0 saturated heterocycles. The fourth-order valence-corrected chi connectivity index (χ4v) is 3.18. The lowest BCUT2D eigenvalue weighted by Crippen LogP contribution is -2.14. The van der Waals surface area contributed by atoms with Crippen LogP contribution in [-0.4, -0.2) is 28.8 Å². The fourth-order valence-electron chi connectivity index (χ4n) is 2.14. The number of thiophene rings is 1. The van der Waals surface area contributed by atoms with Crippen molar-refractivity contribution in [3.63, 3.8) is 0 Å². The lowest BCUT2D eigenvalue weighted by atomic mass is 10.1. The molecule has 6 nitrogen and oxygen atoms in total. The molecule has 1 amide bonds. The summed E-state index contributed by atoms with van der Waals surface area (Å²) in [6.45, 7) is 8.18. The molecule has 0 bridgehead atoms. The number of nitrogens with zero attached hydrogens (tertiary/aromatic N) is 2. The van der Waals surface area contributed by atoms with Gasteiger partial charge in [-0.2, -0.15) is 5.10 Å². The number of hydrogen-bond donors (Lipinski definition) is 1. The topological polar surface area (TPSA) is 73.2 Å². The molecule has 2 rings (SSSR count). The summed E-state index contributed by atoms with van der Waals surface area (Å²) in [5.41, 5.74) is 2.40. The Labute approximate surface area is 133 Å². The van der Waals surface area contributed by atoms with Gasteiger partial charge in [-0.1, -0.05) is 0 Å². The molecule has 2 aromatic heterocycles. The normalized spacial score (nSPS) is 10.6. The zero-order valence-electron chi connectivity index (χ0n) is 13.3. The van der Waals surface area contributed by atoms with Gasteiger partial charge in [0, 0.05) is 17.6 Å². The minimum Gasteiger partial charge on any atom is -0.465 e. The number of ether oxygens (including phenoxy) is 1. The Morgan fingerprint density at radius 1 is 1.36 bits per heavy atom. The third kappa shape index (κ3) is 2.89. The van der Waals surface area contributed by atoms with E-state index in [-0.39, 0.29) is 5.91 Å². The quantitative estimate of drug-likeness (QED) is 0.879. The van der Waals surface area contributed by atoms with Gasteiger partial charge in [0.1, 0.15) is 5.00 Å². The van der Waals surface area contributed by atoms with Gasteiger partial charge in [-0.15, -0.1) is 11.3 Å². The first-order valence-corrected chi connectivity index (χ1v) is 7.74. The molecule has 22 heavy (non-hydrogen) atoms. The van der Waals surface area contributed by atoms with Crippen LogP contribution in [0.2, 0.25) is 0 Å². The number of nitrogens with one attached hydrogen (secondary N) is 1. The number of carbonyl (C=O) groups is 2. The second-order valence-corrected chi connectivity index (χ2v) is 6.14. The number of anilines is 1. The van der Waals surface area contributed by atoms with E-state index in [1.807, 2.05) is 20.8 Å². The molecule has 0 spiro atoms. The molecule has 118 valence electrons. The maximum absolute atomic E-state index is 12.4. The molecule has 0 fully saturated rings. The predicted octanol–water partition coefficient (Wildman–Crippen LogP) is 2.93. The van der Waals surface area contributed by atoms with Crippen molar-refractivity contribution in [2.45, 2.75) is 34.2 Å². The zero-order valence-corrected chi connectivity index (χ0v) is 14.1. The number of amides is 1. The molecule has 0 aromatic carbocycles. The number of rotatable bonds is 4. The Hall–Kier alpha value is -2.15. The molecule has 0 atom stereocenters. The summed E-state index contributed by atoms with van der Waals surface area (Å²) in [5, 5.41) is 7.57. The van der Waals surface area contributed by atoms with Gasteiger partial charge in [-0.05, 0) is 33.3 Å². The van der Waals surface area contributed by atoms with Crippen LogP contribution >= 0.6 is 11.3 Å². The van der Waals surface area contributed by atoms with Gasteiger partial charge in [0.25, 0.3) is 5.91 Å². The monoisotopic (exact) mass is 321 g/mol. The Bertz CT molecular complexity index is 731. The van der Waals surface area contributed by atoms with Crippen molar-refractivity contribution >= 4 is 28.2 Å². The average molecular weight is 321 g/mol. The maximum atomic E-state index is 12.4. The minimum absolute atomic E-state index is 0.274. The summed E-state index contributed by atoms with van der Waals surface area (Å²) in [6, 6.07) is 0. The standard InChI is InChI=1S/C15H19N3O3S/c1-6-18-7-11(9(3)17-18)13(19)16-14-12(15(20)21-5)8(2)10(4)22-14/h7H,6H2,1-5H3,(H,16,19). The molecule has 0 aliphatic carbocycles. The lowest BCUT2D eigenvalue weighted by Gasteiger charge is -2.05. The van der Waals surface area contributed by atoms with Gasteiger partial charge in [0.15, 0.2) is 0 Å². The number of methoxy groups -OCH3 is 1. The van der Waals surface area contributed by atoms with Crippen LogP contribution in [0.25, 0.3) is 0 Å². The smallest absolute Gasteiger partial charge is 0.341 e. The van der Waals surface area contributed by atoms with Crippen molar-refractivity contribution in [3.8, 4) is 0 Å². The van der Waals surface area contributed by atoms with Crippen molar-refractivity contribution in [1.29, 1.82) is 0 Å². The van der Waals surface area contributed by atoms with E-state index in [1.165, 1.54) is 18.4 Å². The van der Waals surface area contributed by atoms with Crippen molar-refractivity contribution in [1.82, 2.24) is 9.78 Å². The Kier molecular flexibility index (Phi) is 4.65. The van der Waals surface area contributed by atoms with Crippen LogP contribution in [0.15, 0.2) is 6.20 Å². The van der Waals surface area contributed by atoms with Gasteiger partial charge in [0.05, 0.1) is 23.9 Å². The number of hydrogen-bond acceptors (Lipinski definition) is 5. The van der Waals surface area contributed by atoms with E-state index < -0.39 is 5.97 Å². The number of carbonyl (C=O) groups excluding carboxylic acids is 2. The Morgan fingerprint density at radius 3 is 2.59 bits per heavy atom. The Morgan fingerprint density at radius 2 is 2.05 bits per heavy atom. The molecule has 0 radical (unpaired) electrons. The zero-order chi connectivity index (χ0) is 16.4. The largest absolute Gasteiger partial charge is 0.465 e. The van der Waals surface area contributed by atoms with Crippen molar-refractivity contribution < 1.29 is 14.3 Å². The summed E-state index contributed by atoms with van der Waals surface area (Å²) in [7, 11) is 1.33. The third-order valence-corrected chi connectivity index (χ3v) is 4.64. The van der Waals surface area contributed by atoms with Crippen molar-refractivity contribution in [2.24, 2.45) is 0 Å². The van der Waals surface area contributed by atoms with Crippen molar-refractivity contribution in [2.75, 3.05) is 12.4 Å². The lowest BCUT2D eigenvalue weighted by molar-refractivity contribution is 0.0601. The first-order valence-electron chi connectivity index (χ1n) is 6.92.